The predicted octanol–water partition coefficient (Wildman–Crippen LogP) is 0.792. The molecule has 6 nitrogen and oxygen atoms in total. The molecule has 0 spiro atoms. The van der Waals surface area contributed by atoms with Crippen molar-refractivity contribution in [3.63, 3.8) is 0 Å². The van der Waals surface area contributed by atoms with E-state index in [2.05, 4.69) is 5.32 Å². The van der Waals surface area contributed by atoms with Gasteiger partial charge in [0.2, 0.25) is 15.9 Å². The first kappa shape index (κ1) is 15.6. The SMILES string of the molecule is NCCCCCC(=O)Nc1cccc(S(N)(=O)=O)c1. The van der Waals surface area contributed by atoms with E-state index in [1.54, 1.807) is 6.07 Å². The van der Waals surface area contributed by atoms with Gasteiger partial charge in [-0.05, 0) is 37.6 Å². The highest BCUT2D eigenvalue weighted by molar-refractivity contribution is 7.89. The molecule has 0 aromatic heterocycles. The first-order valence-electron chi connectivity index (χ1n) is 6.06. The van der Waals surface area contributed by atoms with Crippen LogP contribution in [0.2, 0.25) is 0 Å². The van der Waals surface area contributed by atoms with Crippen molar-refractivity contribution in [1.29, 1.82) is 0 Å². The van der Waals surface area contributed by atoms with E-state index in [0.29, 0.717) is 18.7 Å². The normalized spacial score (nSPS) is 11.3. The summed E-state index contributed by atoms with van der Waals surface area (Å²) in [6.45, 7) is 0.623. The molecule has 0 atom stereocenters. The quantitative estimate of drug-likeness (QED) is 0.642. The molecule has 1 amide bonds. The fourth-order valence-electron chi connectivity index (χ4n) is 1.58. The standard InChI is InChI=1S/C12H19N3O3S/c13-8-3-1-2-7-12(16)15-10-5-4-6-11(9-10)19(14,17)18/h4-6,9H,1-3,7-8,13H2,(H,15,16)(H2,14,17,18). The van der Waals surface area contributed by atoms with Gasteiger partial charge in [0.15, 0.2) is 0 Å². The summed E-state index contributed by atoms with van der Waals surface area (Å²) in [4.78, 5) is 11.6. The molecule has 0 aliphatic rings. The van der Waals surface area contributed by atoms with Crippen LogP contribution in [0.4, 0.5) is 5.69 Å². The molecule has 0 unspecified atom stereocenters. The van der Waals surface area contributed by atoms with Gasteiger partial charge in [-0.3, -0.25) is 4.79 Å². The van der Waals surface area contributed by atoms with Gasteiger partial charge < -0.3 is 11.1 Å². The molecule has 106 valence electrons. The largest absolute Gasteiger partial charge is 0.330 e. The Balaban J connectivity index is 2.55. The Morgan fingerprint density at radius 2 is 1.95 bits per heavy atom. The van der Waals surface area contributed by atoms with Gasteiger partial charge in [0.05, 0.1) is 4.90 Å². The van der Waals surface area contributed by atoms with Gasteiger partial charge in [-0.2, -0.15) is 0 Å². The summed E-state index contributed by atoms with van der Waals surface area (Å²) in [5, 5.41) is 7.66. The monoisotopic (exact) mass is 285 g/mol. The zero-order valence-corrected chi connectivity index (χ0v) is 11.4. The van der Waals surface area contributed by atoms with Crippen molar-refractivity contribution >= 4 is 21.6 Å². The highest BCUT2D eigenvalue weighted by atomic mass is 32.2. The second-order valence-electron chi connectivity index (χ2n) is 4.22. The molecule has 0 heterocycles. The van der Waals surface area contributed by atoms with Crippen molar-refractivity contribution in [2.24, 2.45) is 10.9 Å². The Bertz CT molecular complexity index is 529. The van der Waals surface area contributed by atoms with Crippen LogP contribution in [0.3, 0.4) is 0 Å². The van der Waals surface area contributed by atoms with Crippen molar-refractivity contribution in [1.82, 2.24) is 0 Å². The van der Waals surface area contributed by atoms with Gasteiger partial charge in [0, 0.05) is 12.1 Å². The number of benzene rings is 1. The molecule has 0 aliphatic carbocycles. The molecule has 0 fully saturated rings. The summed E-state index contributed by atoms with van der Waals surface area (Å²) >= 11 is 0. The molecule has 7 heteroatoms. The number of carbonyl (C=O) groups excluding carboxylic acids is 1. The van der Waals surface area contributed by atoms with Crippen LogP contribution < -0.4 is 16.2 Å². The minimum Gasteiger partial charge on any atom is -0.330 e. The summed E-state index contributed by atoms with van der Waals surface area (Å²) in [6.07, 6.45) is 2.95. The fraction of sp³-hybridized carbons (Fsp3) is 0.417. The minimum atomic E-state index is -3.75. The third-order valence-electron chi connectivity index (χ3n) is 2.55. The van der Waals surface area contributed by atoms with E-state index in [9.17, 15) is 13.2 Å². The zero-order chi connectivity index (χ0) is 14.3. The lowest BCUT2D eigenvalue weighted by Crippen LogP contribution is -2.14. The van der Waals surface area contributed by atoms with Crippen LogP contribution >= 0.6 is 0 Å². The summed E-state index contributed by atoms with van der Waals surface area (Å²) in [5.41, 5.74) is 5.78. The van der Waals surface area contributed by atoms with Gasteiger partial charge in [-0.1, -0.05) is 12.5 Å². The number of anilines is 1. The lowest BCUT2D eigenvalue weighted by molar-refractivity contribution is -0.116. The molecule has 0 aliphatic heterocycles. The molecule has 0 radical (unpaired) electrons. The molecule has 5 N–H and O–H groups in total. The molecular formula is C12H19N3O3S. The maximum absolute atomic E-state index is 11.6. The molecular weight excluding hydrogens is 266 g/mol. The van der Waals surface area contributed by atoms with Crippen molar-refractivity contribution in [3.05, 3.63) is 24.3 Å². The Hall–Kier alpha value is -1.44. The first-order valence-corrected chi connectivity index (χ1v) is 7.61. The van der Waals surface area contributed by atoms with E-state index < -0.39 is 10.0 Å². The average molecular weight is 285 g/mol. The number of sulfonamides is 1. The van der Waals surface area contributed by atoms with Gasteiger partial charge in [-0.25, -0.2) is 13.6 Å². The minimum absolute atomic E-state index is 0.0200. The average Bonchev–Trinajstić information content (AvgIpc) is 2.34. The van der Waals surface area contributed by atoms with Gasteiger partial charge in [-0.15, -0.1) is 0 Å². The number of primary sulfonamides is 1. The van der Waals surface area contributed by atoms with Crippen LogP contribution in [0.15, 0.2) is 29.2 Å². The Morgan fingerprint density at radius 1 is 1.21 bits per heavy atom. The van der Waals surface area contributed by atoms with Crippen LogP contribution in [0, 0.1) is 0 Å². The topological polar surface area (TPSA) is 115 Å². The smallest absolute Gasteiger partial charge is 0.238 e. The van der Waals surface area contributed by atoms with E-state index in [0.717, 1.165) is 19.3 Å². The third kappa shape index (κ3) is 5.82. The van der Waals surface area contributed by atoms with E-state index >= 15 is 0 Å². The number of nitrogens with two attached hydrogens (primary N) is 2. The van der Waals surface area contributed by atoms with E-state index in [1.165, 1.54) is 18.2 Å². The maximum Gasteiger partial charge on any atom is 0.238 e. The van der Waals surface area contributed by atoms with Crippen molar-refractivity contribution < 1.29 is 13.2 Å². The highest BCUT2D eigenvalue weighted by Crippen LogP contribution is 2.14. The van der Waals surface area contributed by atoms with Gasteiger partial charge >= 0.3 is 0 Å². The van der Waals surface area contributed by atoms with Crippen LogP contribution in [0.25, 0.3) is 0 Å². The molecule has 0 saturated carbocycles. The lowest BCUT2D eigenvalue weighted by Gasteiger charge is -2.06. The number of rotatable bonds is 7. The Kier molecular flexibility index (Phi) is 5.94. The summed E-state index contributed by atoms with van der Waals surface area (Å²) in [5.74, 6) is -0.149. The molecule has 1 aromatic carbocycles. The molecule has 19 heavy (non-hydrogen) atoms. The predicted molar refractivity (Wildman–Crippen MR) is 74.0 cm³/mol. The van der Waals surface area contributed by atoms with Crippen molar-refractivity contribution in [3.8, 4) is 0 Å². The summed E-state index contributed by atoms with van der Waals surface area (Å²) in [7, 11) is -3.75. The number of hydrogen-bond donors (Lipinski definition) is 3. The summed E-state index contributed by atoms with van der Waals surface area (Å²) < 4.78 is 22.3. The molecule has 1 aromatic rings. The van der Waals surface area contributed by atoms with E-state index in [1.807, 2.05) is 0 Å². The second kappa shape index (κ2) is 7.22. The Labute approximate surface area is 113 Å². The van der Waals surface area contributed by atoms with E-state index in [4.69, 9.17) is 10.9 Å². The van der Waals surface area contributed by atoms with Crippen LogP contribution in [-0.2, 0) is 14.8 Å². The number of nitrogens with one attached hydrogen (secondary N) is 1. The number of unbranched alkanes of at least 4 members (excludes halogenated alkanes) is 2. The van der Waals surface area contributed by atoms with Gasteiger partial charge in [0.1, 0.15) is 0 Å². The fourth-order valence-corrected chi connectivity index (χ4v) is 2.14. The Morgan fingerprint density at radius 3 is 2.58 bits per heavy atom. The summed E-state index contributed by atoms with van der Waals surface area (Å²) in [6, 6.07) is 5.87. The lowest BCUT2D eigenvalue weighted by atomic mass is 10.2. The van der Waals surface area contributed by atoms with E-state index in [-0.39, 0.29) is 10.8 Å². The third-order valence-corrected chi connectivity index (χ3v) is 3.47. The van der Waals surface area contributed by atoms with Crippen LogP contribution in [0.1, 0.15) is 25.7 Å². The van der Waals surface area contributed by atoms with Crippen LogP contribution in [-0.4, -0.2) is 20.9 Å². The second-order valence-corrected chi connectivity index (χ2v) is 5.78. The number of amides is 1. The van der Waals surface area contributed by atoms with Crippen LogP contribution in [0.5, 0.6) is 0 Å². The first-order chi connectivity index (χ1) is 8.93. The van der Waals surface area contributed by atoms with Crippen molar-refractivity contribution in [2.45, 2.75) is 30.6 Å². The number of hydrogen-bond acceptors (Lipinski definition) is 4. The van der Waals surface area contributed by atoms with Gasteiger partial charge in [0.25, 0.3) is 0 Å². The zero-order valence-electron chi connectivity index (χ0n) is 10.6. The maximum atomic E-state index is 11.6. The molecule has 1 rings (SSSR count). The van der Waals surface area contributed by atoms with Crippen molar-refractivity contribution in [2.75, 3.05) is 11.9 Å². The number of carbonyl (C=O) groups is 1. The molecule has 0 bridgehead atoms. The highest BCUT2D eigenvalue weighted by Gasteiger charge is 2.09. The molecule has 0 saturated heterocycles.